The molecular weight excluding hydrogens is 448 g/mol. The average molecular weight is 469 g/mol. The van der Waals surface area contributed by atoms with Crippen molar-refractivity contribution in [1.82, 2.24) is 34.7 Å². The number of benzene rings is 2. The van der Waals surface area contributed by atoms with Crippen LogP contribution in [0.15, 0.2) is 79.4 Å². The summed E-state index contributed by atoms with van der Waals surface area (Å²) >= 11 is 6.16. The highest BCUT2D eigenvalue weighted by molar-refractivity contribution is 6.31. The van der Waals surface area contributed by atoms with E-state index in [4.69, 9.17) is 16.7 Å². The number of rotatable bonds is 7. The Labute approximate surface area is 200 Å². The van der Waals surface area contributed by atoms with E-state index < -0.39 is 0 Å². The van der Waals surface area contributed by atoms with E-state index in [9.17, 15) is 0 Å². The molecule has 0 bridgehead atoms. The highest BCUT2D eigenvalue weighted by atomic mass is 35.5. The summed E-state index contributed by atoms with van der Waals surface area (Å²) in [5.41, 5.74) is 5.12. The van der Waals surface area contributed by atoms with Crippen LogP contribution in [-0.4, -0.2) is 34.7 Å². The highest BCUT2D eigenvalue weighted by Gasteiger charge is 2.10. The first-order chi connectivity index (χ1) is 16.7. The quantitative estimate of drug-likeness (QED) is 0.349. The number of nitrogens with zero attached hydrogens (tertiary/aromatic N) is 6. The van der Waals surface area contributed by atoms with Gasteiger partial charge in [-0.3, -0.25) is 14.5 Å². The number of hydrogen-bond acceptors (Lipinski definition) is 5. The van der Waals surface area contributed by atoms with E-state index in [1.54, 1.807) is 12.4 Å². The van der Waals surface area contributed by atoms with Crippen molar-refractivity contribution < 1.29 is 0 Å². The normalized spacial score (nSPS) is 11.4. The Balaban J connectivity index is 1.19. The zero-order valence-electron chi connectivity index (χ0n) is 18.2. The van der Waals surface area contributed by atoms with Crippen LogP contribution in [0.25, 0.3) is 21.8 Å². The molecule has 8 nitrogen and oxygen atoms in total. The summed E-state index contributed by atoms with van der Waals surface area (Å²) < 4.78 is 3.86. The Hall–Kier alpha value is -4.17. The monoisotopic (exact) mass is 468 g/mol. The maximum atomic E-state index is 6.16. The van der Waals surface area contributed by atoms with Gasteiger partial charge in [0.15, 0.2) is 0 Å². The Morgan fingerprint density at radius 2 is 1.74 bits per heavy atom. The van der Waals surface area contributed by atoms with Gasteiger partial charge in [-0.05, 0) is 41.5 Å². The fourth-order valence-corrected chi connectivity index (χ4v) is 4.25. The maximum Gasteiger partial charge on any atom is 0.137 e. The highest BCUT2D eigenvalue weighted by Crippen LogP contribution is 2.24. The number of fused-ring (bicyclic) bond motifs is 2. The van der Waals surface area contributed by atoms with Gasteiger partial charge in [-0.2, -0.15) is 15.3 Å². The third kappa shape index (κ3) is 4.11. The molecule has 2 N–H and O–H groups in total. The number of H-pyrrole nitrogens is 1. The Morgan fingerprint density at radius 3 is 2.53 bits per heavy atom. The zero-order valence-corrected chi connectivity index (χ0v) is 18.9. The molecule has 6 rings (SSSR count). The van der Waals surface area contributed by atoms with Crippen LogP contribution in [0, 0.1) is 0 Å². The van der Waals surface area contributed by atoms with Crippen LogP contribution >= 0.6 is 11.6 Å². The molecule has 0 fully saturated rings. The number of pyridine rings is 1. The summed E-state index contributed by atoms with van der Waals surface area (Å²) in [4.78, 5) is 4.53. The first-order valence-electron chi connectivity index (χ1n) is 10.9. The van der Waals surface area contributed by atoms with Crippen molar-refractivity contribution in [2.75, 3.05) is 5.32 Å². The van der Waals surface area contributed by atoms with Crippen molar-refractivity contribution in [3.05, 3.63) is 101 Å². The Morgan fingerprint density at radius 1 is 0.912 bits per heavy atom. The molecule has 0 aliphatic heterocycles. The molecule has 34 heavy (non-hydrogen) atoms. The molecule has 9 heteroatoms. The standard InChI is InChI=1S/C25H21ClN8/c26-19-6-7-22-20(12-19)24(31-30-22)13-28-25-21-16-34(32-23(21)8-10-27-25)15-18-4-2-17(3-5-18)14-33-11-1-9-29-33/h1-12,16H,13-15H2,(H,27,28)(H,30,31). The number of halogens is 1. The van der Waals surface area contributed by atoms with Crippen LogP contribution in [0.2, 0.25) is 5.02 Å². The molecule has 0 amide bonds. The van der Waals surface area contributed by atoms with E-state index in [0.717, 1.165) is 39.9 Å². The number of aromatic amines is 1. The van der Waals surface area contributed by atoms with E-state index in [1.807, 2.05) is 52.1 Å². The topological polar surface area (TPSA) is 89.2 Å². The Kier molecular flexibility index (Phi) is 5.20. The van der Waals surface area contributed by atoms with E-state index in [1.165, 1.54) is 11.1 Å². The third-order valence-electron chi connectivity index (χ3n) is 5.78. The summed E-state index contributed by atoms with van der Waals surface area (Å²) in [5.74, 6) is 0.775. The van der Waals surface area contributed by atoms with E-state index >= 15 is 0 Å². The molecule has 0 aliphatic rings. The van der Waals surface area contributed by atoms with Crippen LogP contribution in [0.3, 0.4) is 0 Å². The van der Waals surface area contributed by atoms with Gasteiger partial charge in [-0.25, -0.2) is 4.98 Å². The largest absolute Gasteiger partial charge is 0.364 e. The summed E-state index contributed by atoms with van der Waals surface area (Å²) in [5, 5.41) is 22.5. The van der Waals surface area contributed by atoms with Gasteiger partial charge in [0.05, 0.1) is 41.7 Å². The predicted molar refractivity (Wildman–Crippen MR) is 133 cm³/mol. The van der Waals surface area contributed by atoms with Crippen molar-refractivity contribution >= 4 is 39.2 Å². The van der Waals surface area contributed by atoms with Gasteiger partial charge in [0.2, 0.25) is 0 Å². The SMILES string of the molecule is Clc1ccc2[nH]nc(CNc3nccc4nn(Cc5ccc(Cn6cccn6)cc5)cc34)c2c1. The van der Waals surface area contributed by atoms with E-state index in [2.05, 4.69) is 49.9 Å². The summed E-state index contributed by atoms with van der Waals surface area (Å²) in [7, 11) is 0. The molecule has 0 saturated carbocycles. The summed E-state index contributed by atoms with van der Waals surface area (Å²) in [6.45, 7) is 1.96. The predicted octanol–water partition coefficient (Wildman–Crippen LogP) is 4.87. The second-order valence-electron chi connectivity index (χ2n) is 8.15. The molecule has 0 aliphatic carbocycles. The number of anilines is 1. The minimum Gasteiger partial charge on any atom is -0.364 e. The second-order valence-corrected chi connectivity index (χ2v) is 8.59. The molecule has 0 atom stereocenters. The molecule has 2 aromatic carbocycles. The van der Waals surface area contributed by atoms with Crippen LogP contribution in [0.5, 0.6) is 0 Å². The maximum absolute atomic E-state index is 6.16. The smallest absolute Gasteiger partial charge is 0.137 e. The van der Waals surface area contributed by atoms with Crippen LogP contribution in [0.1, 0.15) is 16.8 Å². The van der Waals surface area contributed by atoms with Crippen molar-refractivity contribution in [2.24, 2.45) is 0 Å². The fourth-order valence-electron chi connectivity index (χ4n) is 4.08. The first-order valence-corrected chi connectivity index (χ1v) is 11.3. The lowest BCUT2D eigenvalue weighted by Gasteiger charge is -2.05. The van der Waals surface area contributed by atoms with Crippen LogP contribution < -0.4 is 5.32 Å². The lowest BCUT2D eigenvalue weighted by Crippen LogP contribution is -2.02. The van der Waals surface area contributed by atoms with Gasteiger partial charge in [0.1, 0.15) is 5.82 Å². The van der Waals surface area contributed by atoms with E-state index in [0.29, 0.717) is 18.1 Å². The lowest BCUT2D eigenvalue weighted by atomic mass is 10.1. The van der Waals surface area contributed by atoms with Gasteiger partial charge in [-0.15, -0.1) is 0 Å². The molecule has 0 unspecified atom stereocenters. The molecule has 168 valence electrons. The lowest BCUT2D eigenvalue weighted by molar-refractivity contribution is 0.682. The van der Waals surface area contributed by atoms with Crippen molar-refractivity contribution in [3.63, 3.8) is 0 Å². The van der Waals surface area contributed by atoms with Gasteiger partial charge < -0.3 is 5.32 Å². The molecule has 4 heterocycles. The van der Waals surface area contributed by atoms with Crippen molar-refractivity contribution in [2.45, 2.75) is 19.6 Å². The van der Waals surface area contributed by atoms with Gasteiger partial charge in [-0.1, -0.05) is 35.9 Å². The number of aromatic nitrogens is 7. The zero-order chi connectivity index (χ0) is 22.9. The fraction of sp³-hybridized carbons (Fsp3) is 0.120. The second kappa shape index (κ2) is 8.64. The van der Waals surface area contributed by atoms with E-state index in [-0.39, 0.29) is 0 Å². The van der Waals surface area contributed by atoms with Crippen molar-refractivity contribution in [3.8, 4) is 0 Å². The van der Waals surface area contributed by atoms with Crippen LogP contribution in [-0.2, 0) is 19.6 Å². The third-order valence-corrected chi connectivity index (χ3v) is 6.01. The molecule has 0 radical (unpaired) electrons. The van der Waals surface area contributed by atoms with Crippen molar-refractivity contribution in [1.29, 1.82) is 0 Å². The molecule has 6 aromatic rings. The summed E-state index contributed by atoms with van der Waals surface area (Å²) in [6, 6.07) is 18.1. The molecule has 4 aromatic heterocycles. The van der Waals surface area contributed by atoms with Gasteiger partial charge in [0.25, 0.3) is 0 Å². The molecular formula is C25H21ClN8. The Bertz CT molecular complexity index is 1560. The first kappa shape index (κ1) is 20.4. The minimum absolute atomic E-state index is 0.523. The number of hydrogen-bond donors (Lipinski definition) is 2. The minimum atomic E-state index is 0.523. The molecule has 0 saturated heterocycles. The molecule has 0 spiro atoms. The van der Waals surface area contributed by atoms with Gasteiger partial charge in [0, 0.05) is 35.2 Å². The summed E-state index contributed by atoms with van der Waals surface area (Å²) in [6.07, 6.45) is 7.56. The van der Waals surface area contributed by atoms with Gasteiger partial charge >= 0.3 is 0 Å². The van der Waals surface area contributed by atoms with Crippen LogP contribution in [0.4, 0.5) is 5.82 Å². The average Bonchev–Trinajstić information content (AvgIpc) is 3.59. The number of nitrogens with one attached hydrogen (secondary N) is 2.